The Balaban J connectivity index is 1.83. The van der Waals surface area contributed by atoms with Crippen molar-refractivity contribution in [2.75, 3.05) is 13.1 Å². The largest absolute Gasteiger partial charge is 0.352 e. The van der Waals surface area contributed by atoms with Gasteiger partial charge in [0.2, 0.25) is 5.91 Å². The summed E-state index contributed by atoms with van der Waals surface area (Å²) in [5.74, 6) is -0.149. The summed E-state index contributed by atoms with van der Waals surface area (Å²) in [6, 6.07) is 6.91. The van der Waals surface area contributed by atoms with Crippen LogP contribution in [0.5, 0.6) is 0 Å². The molecule has 4 heteroatoms. The van der Waals surface area contributed by atoms with Crippen molar-refractivity contribution < 1.29 is 9.18 Å². The van der Waals surface area contributed by atoms with Gasteiger partial charge in [0.15, 0.2) is 0 Å². The minimum Gasteiger partial charge on any atom is -0.352 e. The van der Waals surface area contributed by atoms with Crippen LogP contribution >= 0.6 is 0 Å². The van der Waals surface area contributed by atoms with Crippen molar-refractivity contribution in [2.45, 2.75) is 45.2 Å². The zero-order valence-electron chi connectivity index (χ0n) is 12.1. The summed E-state index contributed by atoms with van der Waals surface area (Å²) in [4.78, 5) is 14.0. The fourth-order valence-corrected chi connectivity index (χ4v) is 2.72. The number of amides is 1. The van der Waals surface area contributed by atoms with Crippen molar-refractivity contribution in [3.05, 3.63) is 35.6 Å². The van der Waals surface area contributed by atoms with E-state index in [0.29, 0.717) is 19.1 Å². The molecule has 1 aromatic rings. The van der Waals surface area contributed by atoms with E-state index in [1.807, 2.05) is 17.9 Å². The number of halogens is 1. The third-order valence-corrected chi connectivity index (χ3v) is 3.83. The van der Waals surface area contributed by atoms with E-state index < -0.39 is 0 Å². The summed E-state index contributed by atoms with van der Waals surface area (Å²) in [7, 11) is 0. The van der Waals surface area contributed by atoms with Gasteiger partial charge in [-0.05, 0) is 37.1 Å². The molecule has 1 fully saturated rings. The predicted octanol–water partition coefficient (Wildman–Crippen LogP) is 2.71. The van der Waals surface area contributed by atoms with Gasteiger partial charge in [-0.25, -0.2) is 4.39 Å². The Hall–Kier alpha value is -1.42. The zero-order valence-corrected chi connectivity index (χ0v) is 12.1. The van der Waals surface area contributed by atoms with Gasteiger partial charge in [0, 0.05) is 12.6 Å². The highest BCUT2D eigenvalue weighted by molar-refractivity contribution is 5.78. The summed E-state index contributed by atoms with van der Waals surface area (Å²) in [5, 5.41) is 3.09. The van der Waals surface area contributed by atoms with E-state index in [4.69, 9.17) is 0 Å². The van der Waals surface area contributed by atoms with Crippen LogP contribution < -0.4 is 5.32 Å². The normalized spacial score (nSPS) is 15.8. The molecule has 0 atom stereocenters. The van der Waals surface area contributed by atoms with E-state index in [1.165, 1.54) is 25.0 Å². The average Bonchev–Trinajstić information content (AvgIpc) is 2.90. The minimum absolute atomic E-state index is 0.0788. The summed E-state index contributed by atoms with van der Waals surface area (Å²) >= 11 is 0. The lowest BCUT2D eigenvalue weighted by Gasteiger charge is -2.21. The molecule has 3 nitrogen and oxygen atoms in total. The molecule has 1 aliphatic rings. The molecule has 1 aliphatic carbocycles. The van der Waals surface area contributed by atoms with Gasteiger partial charge in [-0.3, -0.25) is 9.69 Å². The summed E-state index contributed by atoms with van der Waals surface area (Å²) in [6.07, 6.45) is 4.63. The molecule has 1 saturated carbocycles. The molecule has 0 spiro atoms. The fourth-order valence-electron chi connectivity index (χ4n) is 2.72. The Kier molecular flexibility index (Phi) is 5.53. The molecule has 0 bridgehead atoms. The molecule has 1 amide bonds. The molecule has 2 rings (SSSR count). The second kappa shape index (κ2) is 7.39. The van der Waals surface area contributed by atoms with Crippen LogP contribution in [-0.2, 0) is 11.3 Å². The van der Waals surface area contributed by atoms with Gasteiger partial charge < -0.3 is 5.32 Å². The summed E-state index contributed by atoms with van der Waals surface area (Å²) in [6.45, 7) is 3.77. The number of hydrogen-bond donors (Lipinski definition) is 1. The molecular weight excluding hydrogens is 255 g/mol. The second-order valence-electron chi connectivity index (χ2n) is 5.48. The molecule has 0 saturated heterocycles. The van der Waals surface area contributed by atoms with Gasteiger partial charge in [0.25, 0.3) is 0 Å². The predicted molar refractivity (Wildman–Crippen MR) is 77.7 cm³/mol. The van der Waals surface area contributed by atoms with E-state index in [2.05, 4.69) is 5.32 Å². The minimum atomic E-state index is -0.228. The SMILES string of the molecule is CCN(CC(=O)NC1CCCC1)Cc1cccc(F)c1. The molecule has 1 N–H and O–H groups in total. The Bertz CT molecular complexity index is 444. The third-order valence-electron chi connectivity index (χ3n) is 3.83. The number of carbonyl (C=O) groups excluding carboxylic acids is 1. The maximum atomic E-state index is 13.2. The summed E-state index contributed by atoms with van der Waals surface area (Å²) in [5.41, 5.74) is 0.903. The van der Waals surface area contributed by atoms with Crippen molar-refractivity contribution in [3.63, 3.8) is 0 Å². The maximum absolute atomic E-state index is 13.2. The van der Waals surface area contributed by atoms with Crippen molar-refractivity contribution in [1.29, 1.82) is 0 Å². The van der Waals surface area contributed by atoms with Crippen LogP contribution in [-0.4, -0.2) is 29.9 Å². The smallest absolute Gasteiger partial charge is 0.234 e. The van der Waals surface area contributed by atoms with Gasteiger partial charge in [-0.1, -0.05) is 31.9 Å². The quantitative estimate of drug-likeness (QED) is 0.867. The van der Waals surface area contributed by atoms with Crippen molar-refractivity contribution in [2.24, 2.45) is 0 Å². The average molecular weight is 278 g/mol. The monoisotopic (exact) mass is 278 g/mol. The Morgan fingerprint density at radius 1 is 1.40 bits per heavy atom. The number of carbonyl (C=O) groups is 1. The van der Waals surface area contributed by atoms with Gasteiger partial charge in [-0.2, -0.15) is 0 Å². The van der Waals surface area contributed by atoms with Crippen molar-refractivity contribution in [3.8, 4) is 0 Å². The molecule has 0 radical (unpaired) electrons. The van der Waals surface area contributed by atoms with Crippen molar-refractivity contribution >= 4 is 5.91 Å². The van der Waals surface area contributed by atoms with Crippen LogP contribution in [0.25, 0.3) is 0 Å². The number of benzene rings is 1. The van der Waals surface area contributed by atoms with Crippen molar-refractivity contribution in [1.82, 2.24) is 10.2 Å². The number of rotatable bonds is 6. The van der Waals surface area contributed by atoms with Gasteiger partial charge >= 0.3 is 0 Å². The van der Waals surface area contributed by atoms with Crippen LogP contribution in [0.2, 0.25) is 0 Å². The number of nitrogens with zero attached hydrogens (tertiary/aromatic N) is 1. The Labute approximate surface area is 120 Å². The maximum Gasteiger partial charge on any atom is 0.234 e. The van der Waals surface area contributed by atoms with Gasteiger partial charge in [0.1, 0.15) is 5.82 Å². The number of nitrogens with one attached hydrogen (secondary N) is 1. The van der Waals surface area contributed by atoms with Crippen LogP contribution in [0.3, 0.4) is 0 Å². The van der Waals surface area contributed by atoms with Crippen LogP contribution in [0.15, 0.2) is 24.3 Å². The van der Waals surface area contributed by atoms with E-state index in [0.717, 1.165) is 24.9 Å². The van der Waals surface area contributed by atoms with Crippen LogP contribution in [0, 0.1) is 5.82 Å². The number of hydrogen-bond acceptors (Lipinski definition) is 2. The molecule has 110 valence electrons. The van der Waals surface area contributed by atoms with Gasteiger partial charge in [-0.15, -0.1) is 0 Å². The fraction of sp³-hybridized carbons (Fsp3) is 0.562. The standard InChI is InChI=1S/C16H23FN2O/c1-2-19(11-13-6-5-7-14(17)10-13)12-16(20)18-15-8-3-4-9-15/h5-7,10,15H,2-4,8-9,11-12H2,1H3,(H,18,20). The highest BCUT2D eigenvalue weighted by Gasteiger charge is 2.18. The molecule has 0 aromatic heterocycles. The Morgan fingerprint density at radius 3 is 2.80 bits per heavy atom. The zero-order chi connectivity index (χ0) is 14.4. The first-order valence-electron chi connectivity index (χ1n) is 7.43. The van der Waals surface area contributed by atoms with Gasteiger partial charge in [0.05, 0.1) is 6.54 Å². The lowest BCUT2D eigenvalue weighted by Crippen LogP contribution is -2.40. The topological polar surface area (TPSA) is 32.3 Å². The molecule has 1 aromatic carbocycles. The lowest BCUT2D eigenvalue weighted by atomic mass is 10.2. The van der Waals surface area contributed by atoms with E-state index in [1.54, 1.807) is 6.07 Å². The molecule has 0 heterocycles. The molecule has 0 aliphatic heterocycles. The first-order chi connectivity index (χ1) is 9.67. The summed E-state index contributed by atoms with van der Waals surface area (Å²) < 4.78 is 13.2. The molecule has 0 unspecified atom stereocenters. The first kappa shape index (κ1) is 15.0. The van der Waals surface area contributed by atoms with E-state index in [9.17, 15) is 9.18 Å². The first-order valence-corrected chi connectivity index (χ1v) is 7.43. The molecular formula is C16H23FN2O. The van der Waals surface area contributed by atoms with Crippen LogP contribution in [0.4, 0.5) is 4.39 Å². The highest BCUT2D eigenvalue weighted by Crippen LogP contribution is 2.17. The second-order valence-corrected chi connectivity index (χ2v) is 5.48. The third kappa shape index (κ3) is 4.60. The number of likely N-dealkylation sites (N-methyl/N-ethyl adjacent to an activating group) is 1. The van der Waals surface area contributed by atoms with Crippen LogP contribution in [0.1, 0.15) is 38.2 Å². The molecule has 20 heavy (non-hydrogen) atoms. The highest BCUT2D eigenvalue weighted by atomic mass is 19.1. The van der Waals surface area contributed by atoms with E-state index in [-0.39, 0.29) is 11.7 Å². The van der Waals surface area contributed by atoms with E-state index >= 15 is 0 Å². The Morgan fingerprint density at radius 2 is 2.15 bits per heavy atom. The lowest BCUT2D eigenvalue weighted by molar-refractivity contribution is -0.123.